The second kappa shape index (κ2) is 18.8. The first-order valence-corrected chi connectivity index (χ1v) is 28.3. The number of alkyl halides is 1. The van der Waals surface area contributed by atoms with Crippen molar-refractivity contribution in [2.24, 2.45) is 0 Å². The van der Waals surface area contributed by atoms with E-state index in [1.165, 1.54) is 6.33 Å². The van der Waals surface area contributed by atoms with Gasteiger partial charge < -0.3 is 27.8 Å². The van der Waals surface area contributed by atoms with Gasteiger partial charge in [-0.15, -0.1) is 0 Å². The number of methoxy groups -OCH3 is 2. The maximum atomic E-state index is 18.4. The minimum atomic E-state index is -2.74. The average Bonchev–Trinajstić information content (AvgIpc) is 3.85. The van der Waals surface area contributed by atoms with Crippen molar-refractivity contribution in [3.8, 4) is 11.5 Å². The Morgan fingerprint density at radius 2 is 1.27 bits per heavy atom. The zero-order valence-electron chi connectivity index (χ0n) is 40.3. The van der Waals surface area contributed by atoms with Crippen LogP contribution in [-0.2, 0) is 23.9 Å². The number of fused-ring (bicyclic) bond motifs is 1. The lowest BCUT2D eigenvalue weighted by molar-refractivity contribution is -0.163. The number of anilines is 1. The van der Waals surface area contributed by atoms with E-state index in [1.54, 1.807) is 55.1 Å². The van der Waals surface area contributed by atoms with Gasteiger partial charge in [0.15, 0.2) is 22.8 Å². The topological polar surface area (TPSA) is 115 Å². The number of benzene rings is 4. The highest BCUT2D eigenvalue weighted by atomic mass is 28.4. The minimum Gasteiger partial charge on any atom is -0.497 e. The van der Waals surface area contributed by atoms with Crippen LogP contribution >= 0.6 is 0 Å². The van der Waals surface area contributed by atoms with Crippen LogP contribution in [0.15, 0.2) is 128 Å². The van der Waals surface area contributed by atoms with Crippen molar-refractivity contribution in [2.75, 3.05) is 32.8 Å². The van der Waals surface area contributed by atoms with Gasteiger partial charge in [0.25, 0.3) is 5.91 Å². The molecule has 6 aromatic rings. The third-order valence-electron chi connectivity index (χ3n) is 13.9. The summed E-state index contributed by atoms with van der Waals surface area (Å²) in [6.07, 6.45) is -0.881. The molecule has 1 aliphatic rings. The highest BCUT2D eigenvalue weighted by Gasteiger charge is 2.61. The summed E-state index contributed by atoms with van der Waals surface area (Å²) in [4.78, 5) is 22.3. The lowest BCUT2D eigenvalue weighted by atomic mass is 9.79. The third-order valence-corrected chi connectivity index (χ3v) is 22.8. The number of hydrogen-bond acceptors (Lipinski definition) is 9. The van der Waals surface area contributed by atoms with Crippen molar-refractivity contribution in [1.82, 2.24) is 14.4 Å². The molecule has 0 radical (unpaired) electrons. The molecule has 0 bridgehead atoms. The van der Waals surface area contributed by atoms with Gasteiger partial charge in [-0.05, 0) is 95.4 Å². The number of aromatic nitrogens is 3. The molecule has 66 heavy (non-hydrogen) atoms. The SMILES string of the molecule is COc1ccc(C(OC[C@]2(CO[Si](C)(C)C(C)(C)C)O[C@@H](c3cc4ncnc(NC(=O)c5ccccc5)n4c3)[C@H](F)[C@@H]2O[Si](C)(C)C(C)(C)C)(c2ccccc2)c2ccc(OC)cc2)cc1. The van der Waals surface area contributed by atoms with Crippen LogP contribution in [0.5, 0.6) is 11.5 Å². The number of carbonyl (C=O) groups is 1. The summed E-state index contributed by atoms with van der Waals surface area (Å²) in [5.74, 6) is 1.26. The van der Waals surface area contributed by atoms with E-state index >= 15 is 4.39 Å². The van der Waals surface area contributed by atoms with Crippen molar-refractivity contribution in [1.29, 1.82) is 0 Å². The predicted octanol–water partition coefficient (Wildman–Crippen LogP) is 11.6. The van der Waals surface area contributed by atoms with Crippen LogP contribution in [0, 0.1) is 0 Å². The van der Waals surface area contributed by atoms with E-state index in [-0.39, 0.29) is 35.1 Å². The van der Waals surface area contributed by atoms with Crippen molar-refractivity contribution >= 4 is 34.1 Å². The van der Waals surface area contributed by atoms with Gasteiger partial charge in [0.1, 0.15) is 46.9 Å². The number of nitrogens with zero attached hydrogens (tertiary/aromatic N) is 3. The zero-order chi connectivity index (χ0) is 47.7. The molecule has 0 aliphatic carbocycles. The molecule has 4 aromatic carbocycles. The quantitative estimate of drug-likeness (QED) is 0.0748. The molecular formula is C52H65FN4O7Si2. The first-order valence-electron chi connectivity index (χ1n) is 22.5. The molecule has 0 spiro atoms. The molecule has 1 fully saturated rings. The molecule has 2 aromatic heterocycles. The van der Waals surface area contributed by atoms with E-state index in [2.05, 4.69) is 83.0 Å². The van der Waals surface area contributed by atoms with E-state index in [0.29, 0.717) is 28.3 Å². The first-order chi connectivity index (χ1) is 31.1. The molecule has 1 N–H and O–H groups in total. The molecule has 14 heteroatoms. The van der Waals surface area contributed by atoms with Gasteiger partial charge in [-0.1, -0.05) is 114 Å². The van der Waals surface area contributed by atoms with Crippen molar-refractivity contribution in [2.45, 2.75) is 107 Å². The van der Waals surface area contributed by atoms with Gasteiger partial charge in [-0.2, -0.15) is 0 Å². The summed E-state index contributed by atoms with van der Waals surface area (Å²) < 4.78 is 60.6. The standard InChI is InChI=1S/C52H65FN4O7Si2/c1-49(2,3)65(9,10)62-34-51(33-61-52(38-21-17-14-18-22-38,39-23-27-41(59-7)28-24-39)40-25-29-42(60-8)30-26-40)46(64-66(11,12)50(4,5)6)44(53)45(63-51)37-31-43-54-35-55-48(57(43)32-37)56-47(58)36-19-15-13-16-20-36/h13-32,35,44-46H,33-34H2,1-12H3,(H,54,55,56,58)/t44-,45-,46-,51+/m0/s1. The van der Waals surface area contributed by atoms with Crippen LogP contribution in [0.3, 0.4) is 0 Å². The Morgan fingerprint density at radius 1 is 0.742 bits per heavy atom. The number of amides is 1. The van der Waals surface area contributed by atoms with E-state index in [4.69, 9.17) is 27.8 Å². The normalized spacial score (nSPS) is 19.5. The van der Waals surface area contributed by atoms with Crippen molar-refractivity contribution in [3.63, 3.8) is 0 Å². The molecule has 4 atom stereocenters. The van der Waals surface area contributed by atoms with Crippen LogP contribution in [-0.4, -0.2) is 82.2 Å². The van der Waals surface area contributed by atoms with Crippen LogP contribution < -0.4 is 14.8 Å². The fraction of sp³-hybridized carbons (Fsp3) is 0.404. The monoisotopic (exact) mass is 932 g/mol. The van der Waals surface area contributed by atoms with Crippen molar-refractivity contribution < 1.29 is 37.0 Å². The second-order valence-electron chi connectivity index (χ2n) is 20.2. The summed E-state index contributed by atoms with van der Waals surface area (Å²) in [6.45, 7) is 21.4. The number of carbonyl (C=O) groups excluding carboxylic acids is 1. The zero-order valence-corrected chi connectivity index (χ0v) is 42.3. The van der Waals surface area contributed by atoms with Crippen molar-refractivity contribution in [3.05, 3.63) is 156 Å². The lowest BCUT2D eigenvalue weighted by Gasteiger charge is -2.46. The maximum absolute atomic E-state index is 18.4. The fourth-order valence-electron chi connectivity index (χ4n) is 7.81. The Kier molecular flexibility index (Phi) is 13.9. The lowest BCUT2D eigenvalue weighted by Crippen LogP contribution is -2.59. The number of rotatable bonds is 16. The van der Waals surface area contributed by atoms with Crippen LogP contribution in [0.4, 0.5) is 10.3 Å². The average molecular weight is 933 g/mol. The van der Waals surface area contributed by atoms with Gasteiger partial charge in [-0.3, -0.25) is 14.5 Å². The second-order valence-corrected chi connectivity index (χ2v) is 29.8. The molecule has 1 aliphatic heterocycles. The summed E-state index contributed by atoms with van der Waals surface area (Å²) >= 11 is 0. The minimum absolute atomic E-state index is 0.0125. The molecular weight excluding hydrogens is 868 g/mol. The Labute approximate surface area is 391 Å². The highest BCUT2D eigenvalue weighted by molar-refractivity contribution is 6.74. The van der Waals surface area contributed by atoms with Gasteiger partial charge in [0, 0.05) is 17.3 Å². The Morgan fingerprint density at radius 3 is 1.80 bits per heavy atom. The summed E-state index contributed by atoms with van der Waals surface area (Å²) in [5.41, 5.74) is 1.13. The molecule has 0 unspecified atom stereocenters. The van der Waals surface area contributed by atoms with Crippen LogP contribution in [0.2, 0.25) is 36.3 Å². The van der Waals surface area contributed by atoms with E-state index < -0.39 is 46.2 Å². The number of nitrogens with one attached hydrogen (secondary N) is 1. The summed E-state index contributed by atoms with van der Waals surface area (Å²) in [7, 11) is -2.00. The highest BCUT2D eigenvalue weighted by Crippen LogP contribution is 2.51. The van der Waals surface area contributed by atoms with Gasteiger partial charge in [0.05, 0.1) is 27.4 Å². The number of hydrogen-bond donors (Lipinski definition) is 1. The number of halogens is 1. The first kappa shape index (κ1) is 48.7. The molecule has 11 nitrogen and oxygen atoms in total. The predicted molar refractivity (Wildman–Crippen MR) is 262 cm³/mol. The Bertz CT molecular complexity index is 2530. The third kappa shape index (κ3) is 9.62. The Hall–Kier alpha value is -5.23. The molecule has 3 heterocycles. The molecule has 0 saturated carbocycles. The summed E-state index contributed by atoms with van der Waals surface area (Å²) in [5, 5.41) is 2.44. The fourth-order valence-corrected chi connectivity index (χ4v) is 10.2. The molecule has 350 valence electrons. The van der Waals surface area contributed by atoms with Crippen LogP contribution in [0.1, 0.15) is 80.3 Å². The molecule has 7 rings (SSSR count). The van der Waals surface area contributed by atoms with E-state index in [9.17, 15) is 4.79 Å². The van der Waals surface area contributed by atoms with Gasteiger partial charge in [-0.25, -0.2) is 14.4 Å². The van der Waals surface area contributed by atoms with Gasteiger partial charge in [0.2, 0.25) is 5.95 Å². The smallest absolute Gasteiger partial charge is 0.257 e. The van der Waals surface area contributed by atoms with Gasteiger partial charge >= 0.3 is 0 Å². The largest absolute Gasteiger partial charge is 0.497 e. The summed E-state index contributed by atoms with van der Waals surface area (Å²) in [6, 6.07) is 36.3. The maximum Gasteiger partial charge on any atom is 0.257 e. The number of ether oxygens (including phenoxy) is 4. The van der Waals surface area contributed by atoms with E-state index in [1.807, 2.05) is 84.9 Å². The molecule has 1 saturated heterocycles. The molecule has 1 amide bonds. The Balaban J connectivity index is 1.41. The van der Waals surface area contributed by atoms with E-state index in [0.717, 1.165) is 16.7 Å². The van der Waals surface area contributed by atoms with Crippen LogP contribution in [0.25, 0.3) is 5.65 Å².